The Bertz CT molecular complexity index is 1340. The minimum Gasteiger partial charge on any atom is -0.346 e. The van der Waals surface area contributed by atoms with E-state index in [0.717, 1.165) is 22.1 Å². The first kappa shape index (κ1) is 23.4. The Morgan fingerprint density at radius 2 is 1.91 bits per heavy atom. The molecule has 4 heterocycles. The highest BCUT2D eigenvalue weighted by Gasteiger charge is 2.41. The first-order valence-electron chi connectivity index (χ1n) is 10.5. The number of nitrogens with one attached hydrogen (secondary N) is 2. The molecule has 0 saturated carbocycles. The van der Waals surface area contributed by atoms with Gasteiger partial charge in [-0.15, -0.1) is 0 Å². The van der Waals surface area contributed by atoms with Gasteiger partial charge in [0, 0.05) is 71.2 Å². The lowest BCUT2D eigenvalue weighted by atomic mass is 9.80. The highest BCUT2D eigenvalue weighted by Crippen LogP contribution is 2.34. The fraction of sp³-hybridized carbons (Fsp3) is 0.304. The van der Waals surface area contributed by atoms with Crippen LogP contribution in [0.4, 0.5) is 13.2 Å². The molecule has 0 bridgehead atoms. The van der Waals surface area contributed by atoms with Gasteiger partial charge in [-0.25, -0.2) is 4.98 Å². The Hall–Kier alpha value is -3.73. The third-order valence-corrected chi connectivity index (χ3v) is 5.83. The maximum Gasteiger partial charge on any atom is 0.405 e. The van der Waals surface area contributed by atoms with Crippen LogP contribution in [0.1, 0.15) is 19.4 Å². The average Bonchev–Trinajstić information content (AvgIpc) is 3.42. The Balaban J connectivity index is 1.75. The summed E-state index contributed by atoms with van der Waals surface area (Å²) in [4.78, 5) is 24.6. The first-order chi connectivity index (χ1) is 16.0. The molecule has 11 heteroatoms. The lowest BCUT2D eigenvalue weighted by molar-refractivity contribution is -0.143. The molecule has 4 N–H and O–H groups in total. The number of nitrogens with two attached hydrogens (primary N) is 1. The normalized spacial score (nSPS) is 13.9. The van der Waals surface area contributed by atoms with Crippen molar-refractivity contribution in [3.8, 4) is 22.3 Å². The number of aromatic amines is 1. The zero-order chi connectivity index (χ0) is 24.7. The fourth-order valence-corrected chi connectivity index (χ4v) is 3.84. The van der Waals surface area contributed by atoms with Crippen LogP contribution in [0, 0.1) is 5.92 Å². The SMILES string of the molecule is CC(C)[C@](N)(C(=O)NCC(F)(F)F)c1cncc(-c2c[nH]c3ncc(-c4cnn(C)c4)cc23)c1. The van der Waals surface area contributed by atoms with E-state index in [1.807, 2.05) is 24.6 Å². The molecule has 0 saturated heterocycles. The van der Waals surface area contributed by atoms with Gasteiger partial charge >= 0.3 is 6.18 Å². The maximum absolute atomic E-state index is 12.8. The summed E-state index contributed by atoms with van der Waals surface area (Å²) < 4.78 is 39.7. The molecule has 1 amide bonds. The zero-order valence-electron chi connectivity index (χ0n) is 18.8. The molecule has 1 atom stereocenters. The van der Waals surface area contributed by atoms with Crippen LogP contribution in [0.2, 0.25) is 0 Å². The van der Waals surface area contributed by atoms with Crippen molar-refractivity contribution in [2.45, 2.75) is 25.6 Å². The molecule has 0 radical (unpaired) electrons. The van der Waals surface area contributed by atoms with Gasteiger partial charge in [-0.3, -0.25) is 14.5 Å². The predicted molar refractivity (Wildman–Crippen MR) is 121 cm³/mol. The number of rotatable bonds is 6. The second-order valence-electron chi connectivity index (χ2n) is 8.51. The second kappa shape index (κ2) is 8.56. The second-order valence-corrected chi connectivity index (χ2v) is 8.51. The van der Waals surface area contributed by atoms with E-state index in [0.29, 0.717) is 16.8 Å². The van der Waals surface area contributed by atoms with Gasteiger partial charge < -0.3 is 16.0 Å². The molecule has 8 nitrogen and oxygen atoms in total. The summed E-state index contributed by atoms with van der Waals surface area (Å²) in [6, 6.07) is 3.64. The molecule has 0 aliphatic rings. The number of carbonyl (C=O) groups excluding carboxylic acids is 1. The fourth-order valence-electron chi connectivity index (χ4n) is 3.84. The smallest absolute Gasteiger partial charge is 0.346 e. The third kappa shape index (κ3) is 4.38. The van der Waals surface area contributed by atoms with Crippen molar-refractivity contribution in [1.82, 2.24) is 30.0 Å². The van der Waals surface area contributed by atoms with Crippen molar-refractivity contribution in [2.75, 3.05) is 6.54 Å². The lowest BCUT2D eigenvalue weighted by Crippen LogP contribution is -2.56. The number of amides is 1. The van der Waals surface area contributed by atoms with Crippen LogP contribution in [0.25, 0.3) is 33.3 Å². The van der Waals surface area contributed by atoms with Crippen molar-refractivity contribution < 1.29 is 18.0 Å². The quantitative estimate of drug-likeness (QED) is 0.398. The molecule has 4 aromatic rings. The molecule has 34 heavy (non-hydrogen) atoms. The Morgan fingerprint density at radius 3 is 2.56 bits per heavy atom. The third-order valence-electron chi connectivity index (χ3n) is 5.83. The summed E-state index contributed by atoms with van der Waals surface area (Å²) in [6.07, 6.45) is 5.59. The molecular formula is C23H24F3N7O. The molecule has 4 aromatic heterocycles. The van der Waals surface area contributed by atoms with Crippen LogP contribution in [-0.4, -0.2) is 43.4 Å². The monoisotopic (exact) mass is 471 g/mol. The molecule has 0 fully saturated rings. The van der Waals surface area contributed by atoms with Crippen molar-refractivity contribution in [1.29, 1.82) is 0 Å². The number of aryl methyl sites for hydroxylation is 1. The summed E-state index contributed by atoms with van der Waals surface area (Å²) in [6.45, 7) is 1.89. The Labute approximate surface area is 193 Å². The van der Waals surface area contributed by atoms with Gasteiger partial charge in [0.2, 0.25) is 5.91 Å². The number of carbonyl (C=O) groups is 1. The summed E-state index contributed by atoms with van der Waals surface area (Å²) in [5.41, 5.74) is 8.86. The number of pyridine rings is 2. The number of hydrogen-bond acceptors (Lipinski definition) is 5. The van der Waals surface area contributed by atoms with E-state index in [-0.39, 0.29) is 0 Å². The number of fused-ring (bicyclic) bond motifs is 1. The van der Waals surface area contributed by atoms with E-state index in [1.54, 1.807) is 49.4 Å². The van der Waals surface area contributed by atoms with Crippen molar-refractivity contribution in [3.05, 3.63) is 54.9 Å². The number of nitrogens with zero attached hydrogens (tertiary/aromatic N) is 4. The van der Waals surface area contributed by atoms with Crippen molar-refractivity contribution in [2.24, 2.45) is 18.7 Å². The number of halogens is 3. The van der Waals surface area contributed by atoms with Crippen molar-refractivity contribution in [3.63, 3.8) is 0 Å². The molecule has 0 aliphatic heterocycles. The van der Waals surface area contributed by atoms with Gasteiger partial charge in [-0.05, 0) is 18.1 Å². The summed E-state index contributed by atoms with van der Waals surface area (Å²) >= 11 is 0. The highest BCUT2D eigenvalue weighted by molar-refractivity contribution is 5.96. The predicted octanol–water partition coefficient (Wildman–Crippen LogP) is 3.51. The Morgan fingerprint density at radius 1 is 1.15 bits per heavy atom. The molecule has 0 spiro atoms. The van der Waals surface area contributed by atoms with Gasteiger partial charge in [0.1, 0.15) is 17.7 Å². The standard InChI is InChI=1S/C23H24F3N7O/c1-13(2)23(27,21(34)31-12-22(24,25)26)17-4-15(6-28-9-17)19-10-30-20-18(19)5-14(7-29-20)16-8-32-33(3)11-16/h4-11,13H,12,27H2,1-3H3,(H,29,30)(H,31,34)/t23-/m1/s1. The molecule has 4 rings (SSSR count). The molecule has 0 unspecified atom stereocenters. The number of H-pyrrole nitrogens is 1. The largest absolute Gasteiger partial charge is 0.405 e. The van der Waals surface area contributed by atoms with E-state index in [2.05, 4.69) is 20.1 Å². The topological polar surface area (TPSA) is 115 Å². The van der Waals surface area contributed by atoms with Crippen LogP contribution < -0.4 is 11.1 Å². The van der Waals surface area contributed by atoms with Gasteiger partial charge in [0.05, 0.1) is 6.20 Å². The van der Waals surface area contributed by atoms with Crippen LogP contribution in [0.5, 0.6) is 0 Å². The molecular weight excluding hydrogens is 447 g/mol. The maximum atomic E-state index is 12.8. The number of hydrogen-bond donors (Lipinski definition) is 3. The minimum absolute atomic E-state index is 0.311. The zero-order valence-corrected chi connectivity index (χ0v) is 18.8. The lowest BCUT2D eigenvalue weighted by Gasteiger charge is -2.32. The van der Waals surface area contributed by atoms with Gasteiger partial charge in [0.25, 0.3) is 0 Å². The summed E-state index contributed by atoms with van der Waals surface area (Å²) in [5.74, 6) is -1.42. The summed E-state index contributed by atoms with van der Waals surface area (Å²) in [7, 11) is 1.83. The summed E-state index contributed by atoms with van der Waals surface area (Å²) in [5, 5.41) is 6.92. The van der Waals surface area contributed by atoms with Crippen LogP contribution in [0.3, 0.4) is 0 Å². The van der Waals surface area contributed by atoms with E-state index in [1.165, 1.54) is 6.20 Å². The number of alkyl halides is 3. The number of aromatic nitrogens is 5. The van der Waals surface area contributed by atoms with Crippen LogP contribution in [0.15, 0.2) is 49.3 Å². The van der Waals surface area contributed by atoms with Gasteiger partial charge in [0.15, 0.2) is 0 Å². The van der Waals surface area contributed by atoms with E-state index < -0.39 is 30.1 Å². The van der Waals surface area contributed by atoms with E-state index in [4.69, 9.17) is 5.73 Å². The molecule has 178 valence electrons. The van der Waals surface area contributed by atoms with Crippen molar-refractivity contribution >= 4 is 16.9 Å². The van der Waals surface area contributed by atoms with Crippen LogP contribution >= 0.6 is 0 Å². The van der Waals surface area contributed by atoms with Crippen LogP contribution in [-0.2, 0) is 17.4 Å². The van der Waals surface area contributed by atoms with E-state index >= 15 is 0 Å². The van der Waals surface area contributed by atoms with Gasteiger partial charge in [-0.2, -0.15) is 18.3 Å². The minimum atomic E-state index is -4.54. The van der Waals surface area contributed by atoms with E-state index in [9.17, 15) is 18.0 Å². The first-order valence-corrected chi connectivity index (χ1v) is 10.5. The highest BCUT2D eigenvalue weighted by atomic mass is 19.4. The molecule has 0 aromatic carbocycles. The Kier molecular flexibility index (Phi) is 5.90. The van der Waals surface area contributed by atoms with Gasteiger partial charge in [-0.1, -0.05) is 13.8 Å². The average molecular weight is 471 g/mol. The molecule has 0 aliphatic carbocycles.